The maximum atomic E-state index is 5.66. The van der Waals surface area contributed by atoms with Gasteiger partial charge in [-0.05, 0) is 74.2 Å². The second-order valence-corrected chi connectivity index (χ2v) is 8.79. The Balaban J connectivity index is 1.39. The Morgan fingerprint density at radius 1 is 1.12 bits per heavy atom. The number of methoxy groups -OCH3 is 1. The fourth-order valence-corrected chi connectivity index (χ4v) is 4.57. The van der Waals surface area contributed by atoms with Gasteiger partial charge in [-0.2, -0.15) is 0 Å². The van der Waals surface area contributed by atoms with Crippen LogP contribution in [0.25, 0.3) is 10.9 Å². The van der Waals surface area contributed by atoms with E-state index in [9.17, 15) is 0 Å². The maximum absolute atomic E-state index is 5.66. The van der Waals surface area contributed by atoms with E-state index in [0.29, 0.717) is 12.0 Å². The van der Waals surface area contributed by atoms with Gasteiger partial charge in [-0.25, -0.2) is 9.97 Å². The highest BCUT2D eigenvalue weighted by Gasteiger charge is 2.18. The van der Waals surface area contributed by atoms with Crippen LogP contribution in [-0.2, 0) is 17.7 Å². The first-order valence-electron chi connectivity index (χ1n) is 11.4. The minimum absolute atomic E-state index is 0.437. The molecule has 7 nitrogen and oxygen atoms in total. The maximum Gasteiger partial charge on any atom is 0.227 e. The average molecular weight is 434 g/mol. The molecule has 1 atom stereocenters. The number of nitrogens with zero attached hydrogens (tertiary/aromatic N) is 3. The first-order chi connectivity index (χ1) is 15.7. The van der Waals surface area contributed by atoms with Gasteiger partial charge in [-0.3, -0.25) is 0 Å². The van der Waals surface area contributed by atoms with E-state index in [-0.39, 0.29) is 0 Å². The molecule has 32 heavy (non-hydrogen) atoms. The van der Waals surface area contributed by atoms with Gasteiger partial charge in [-0.15, -0.1) is 0 Å². The number of rotatable bonds is 5. The lowest BCUT2D eigenvalue weighted by Crippen LogP contribution is -2.26. The third kappa shape index (κ3) is 4.64. The molecule has 0 spiro atoms. The summed E-state index contributed by atoms with van der Waals surface area (Å²) in [6, 6.07) is 11.0. The van der Waals surface area contributed by atoms with Crippen molar-refractivity contribution in [2.45, 2.75) is 38.3 Å². The number of ether oxygens (including phenoxy) is 2. The Morgan fingerprint density at radius 3 is 2.97 bits per heavy atom. The number of aromatic nitrogens is 2. The molecule has 0 amide bonds. The Bertz CT molecular complexity index is 1100. The summed E-state index contributed by atoms with van der Waals surface area (Å²) >= 11 is 0. The van der Waals surface area contributed by atoms with Crippen LogP contribution in [0.1, 0.15) is 30.4 Å². The summed E-state index contributed by atoms with van der Waals surface area (Å²) in [6.45, 7) is 3.69. The van der Waals surface area contributed by atoms with Crippen molar-refractivity contribution in [3.05, 3.63) is 47.7 Å². The summed E-state index contributed by atoms with van der Waals surface area (Å²) < 4.78 is 11.2. The average Bonchev–Trinajstić information content (AvgIpc) is 3.07. The molecule has 1 fully saturated rings. The van der Waals surface area contributed by atoms with Crippen LogP contribution in [0.3, 0.4) is 0 Å². The molecule has 2 aliphatic rings. The number of hydrogen-bond acceptors (Lipinski definition) is 7. The van der Waals surface area contributed by atoms with Gasteiger partial charge in [0.15, 0.2) is 0 Å². The van der Waals surface area contributed by atoms with Crippen molar-refractivity contribution in [1.82, 2.24) is 14.9 Å². The van der Waals surface area contributed by atoms with E-state index in [4.69, 9.17) is 14.5 Å². The van der Waals surface area contributed by atoms with Crippen LogP contribution < -0.4 is 15.4 Å². The molecule has 0 unspecified atom stereocenters. The standard InChI is InChI=1S/C25H31N5O2/c1-30-9-7-17-13-24(31-2)23(12-19(17)16-30)29-25-26-15-18-5-6-21(14-22(18)28-25)27-20-4-3-10-32-11-8-20/h5-6,12-15,20,27H,3-4,7-11,16H2,1-2H3,(H,26,28,29)/t20-/m0/s1. The first-order valence-corrected chi connectivity index (χ1v) is 11.4. The molecular formula is C25H31N5O2. The summed E-state index contributed by atoms with van der Waals surface area (Å²) in [6.07, 6.45) is 6.16. The number of anilines is 3. The Labute approximate surface area is 189 Å². The van der Waals surface area contributed by atoms with Crippen LogP contribution >= 0.6 is 0 Å². The molecule has 1 aromatic heterocycles. The predicted molar refractivity (Wildman–Crippen MR) is 128 cm³/mol. The summed E-state index contributed by atoms with van der Waals surface area (Å²) in [4.78, 5) is 11.7. The van der Waals surface area contributed by atoms with E-state index >= 15 is 0 Å². The van der Waals surface area contributed by atoms with E-state index in [1.807, 2.05) is 6.20 Å². The van der Waals surface area contributed by atoms with Crippen molar-refractivity contribution in [2.24, 2.45) is 0 Å². The molecule has 3 heterocycles. The Morgan fingerprint density at radius 2 is 2.06 bits per heavy atom. The lowest BCUT2D eigenvalue weighted by Gasteiger charge is -2.26. The van der Waals surface area contributed by atoms with Crippen molar-refractivity contribution in [1.29, 1.82) is 0 Å². The van der Waals surface area contributed by atoms with Gasteiger partial charge in [0.25, 0.3) is 0 Å². The number of nitrogens with one attached hydrogen (secondary N) is 2. The lowest BCUT2D eigenvalue weighted by atomic mass is 9.99. The highest BCUT2D eigenvalue weighted by atomic mass is 16.5. The van der Waals surface area contributed by atoms with Crippen LogP contribution in [0, 0.1) is 0 Å². The zero-order valence-electron chi connectivity index (χ0n) is 18.9. The second kappa shape index (κ2) is 9.30. The highest BCUT2D eigenvalue weighted by Crippen LogP contribution is 2.33. The summed E-state index contributed by atoms with van der Waals surface area (Å²) in [5.74, 6) is 1.39. The molecule has 1 saturated heterocycles. The largest absolute Gasteiger partial charge is 0.495 e. The van der Waals surface area contributed by atoms with E-state index in [1.165, 1.54) is 11.1 Å². The smallest absolute Gasteiger partial charge is 0.227 e. The predicted octanol–water partition coefficient (Wildman–Crippen LogP) is 4.35. The molecule has 2 N–H and O–H groups in total. The third-order valence-electron chi connectivity index (χ3n) is 6.38. The molecule has 0 bridgehead atoms. The van der Waals surface area contributed by atoms with Crippen LogP contribution in [0.2, 0.25) is 0 Å². The van der Waals surface area contributed by atoms with E-state index in [0.717, 1.165) is 80.0 Å². The van der Waals surface area contributed by atoms with E-state index in [2.05, 4.69) is 57.9 Å². The number of fused-ring (bicyclic) bond motifs is 2. The fraction of sp³-hybridized carbons (Fsp3) is 0.440. The first kappa shape index (κ1) is 21.0. The minimum Gasteiger partial charge on any atom is -0.495 e. The van der Waals surface area contributed by atoms with Gasteiger partial charge in [-0.1, -0.05) is 0 Å². The van der Waals surface area contributed by atoms with Crippen LogP contribution in [0.15, 0.2) is 36.5 Å². The van der Waals surface area contributed by atoms with Crippen molar-refractivity contribution in [2.75, 3.05) is 44.5 Å². The van der Waals surface area contributed by atoms with Gasteiger partial charge in [0.2, 0.25) is 5.95 Å². The molecule has 168 valence electrons. The van der Waals surface area contributed by atoms with Crippen LogP contribution in [-0.4, -0.2) is 54.8 Å². The monoisotopic (exact) mass is 433 g/mol. The summed E-state index contributed by atoms with van der Waals surface area (Å²) in [5, 5.41) is 8.06. The second-order valence-electron chi connectivity index (χ2n) is 8.79. The molecule has 0 radical (unpaired) electrons. The van der Waals surface area contributed by atoms with Gasteiger partial charge in [0, 0.05) is 49.6 Å². The van der Waals surface area contributed by atoms with Gasteiger partial charge in [0.05, 0.1) is 18.3 Å². The topological polar surface area (TPSA) is 71.5 Å². The van der Waals surface area contributed by atoms with Crippen molar-refractivity contribution < 1.29 is 9.47 Å². The fourth-order valence-electron chi connectivity index (χ4n) is 4.57. The Hall–Kier alpha value is -2.90. The molecule has 3 aromatic rings. The number of likely N-dealkylation sites (N-methyl/N-ethyl adjacent to an activating group) is 1. The minimum atomic E-state index is 0.437. The quantitative estimate of drug-likeness (QED) is 0.620. The van der Waals surface area contributed by atoms with Crippen molar-refractivity contribution in [3.63, 3.8) is 0 Å². The summed E-state index contributed by atoms with van der Waals surface area (Å²) in [7, 11) is 3.86. The number of hydrogen-bond donors (Lipinski definition) is 2. The zero-order valence-corrected chi connectivity index (χ0v) is 18.9. The summed E-state index contributed by atoms with van der Waals surface area (Å²) in [5.41, 5.74) is 5.57. The highest BCUT2D eigenvalue weighted by molar-refractivity contribution is 5.83. The molecule has 2 aromatic carbocycles. The third-order valence-corrected chi connectivity index (χ3v) is 6.38. The van der Waals surface area contributed by atoms with E-state index < -0.39 is 0 Å². The number of benzene rings is 2. The zero-order chi connectivity index (χ0) is 21.9. The van der Waals surface area contributed by atoms with Crippen LogP contribution in [0.5, 0.6) is 5.75 Å². The normalized spacial score (nSPS) is 19.2. The van der Waals surface area contributed by atoms with Gasteiger partial charge < -0.3 is 25.0 Å². The Kier molecular flexibility index (Phi) is 6.10. The van der Waals surface area contributed by atoms with Crippen molar-refractivity contribution in [3.8, 4) is 5.75 Å². The molecular weight excluding hydrogens is 402 g/mol. The van der Waals surface area contributed by atoms with Crippen molar-refractivity contribution >= 4 is 28.2 Å². The van der Waals surface area contributed by atoms with Gasteiger partial charge in [0.1, 0.15) is 5.75 Å². The van der Waals surface area contributed by atoms with Crippen LogP contribution in [0.4, 0.5) is 17.3 Å². The SMILES string of the molecule is COc1cc2c(cc1Nc1ncc3ccc(N[C@H]4CCCOCC4)cc3n1)CN(C)CC2. The molecule has 7 heteroatoms. The molecule has 0 saturated carbocycles. The van der Waals surface area contributed by atoms with Gasteiger partial charge >= 0.3 is 0 Å². The van der Waals surface area contributed by atoms with E-state index in [1.54, 1.807) is 7.11 Å². The molecule has 0 aliphatic carbocycles. The lowest BCUT2D eigenvalue weighted by molar-refractivity contribution is 0.144. The molecule has 5 rings (SSSR count). The molecule has 2 aliphatic heterocycles.